The van der Waals surface area contributed by atoms with Crippen LogP contribution < -0.4 is 9.47 Å². The van der Waals surface area contributed by atoms with E-state index in [0.717, 1.165) is 28.3 Å². The standard InChI is InChI=1S/C23H24Cl2N2O3/c1-16(28)11-26(12-18-5-7-22-23(10-18)30-15-29-22)14-19-3-2-8-27(19)13-17-4-6-20(24)21(25)9-17/h2-10,16,28H,11-15H2,1H3/t16-/m1/s1. The van der Waals surface area contributed by atoms with Crippen molar-refractivity contribution < 1.29 is 14.6 Å². The molecule has 30 heavy (non-hydrogen) atoms. The fourth-order valence-corrected chi connectivity index (χ4v) is 3.99. The van der Waals surface area contributed by atoms with Gasteiger partial charge in [0.15, 0.2) is 11.5 Å². The van der Waals surface area contributed by atoms with E-state index in [-0.39, 0.29) is 6.79 Å². The minimum atomic E-state index is -0.433. The molecule has 0 saturated carbocycles. The minimum Gasteiger partial charge on any atom is -0.454 e. The van der Waals surface area contributed by atoms with E-state index >= 15 is 0 Å². The molecule has 2 aromatic carbocycles. The van der Waals surface area contributed by atoms with Crippen molar-refractivity contribution in [2.24, 2.45) is 0 Å². The Balaban J connectivity index is 1.49. The first kappa shape index (κ1) is 21.1. The van der Waals surface area contributed by atoms with Crippen LogP contribution in [0, 0.1) is 0 Å². The van der Waals surface area contributed by atoms with Crippen molar-refractivity contribution in [2.45, 2.75) is 32.7 Å². The molecule has 0 saturated heterocycles. The van der Waals surface area contributed by atoms with Gasteiger partial charge < -0.3 is 19.1 Å². The fraction of sp³-hybridized carbons (Fsp3) is 0.304. The number of hydrogen-bond acceptors (Lipinski definition) is 4. The van der Waals surface area contributed by atoms with Gasteiger partial charge in [-0.1, -0.05) is 35.3 Å². The van der Waals surface area contributed by atoms with E-state index < -0.39 is 6.10 Å². The summed E-state index contributed by atoms with van der Waals surface area (Å²) in [7, 11) is 0. The van der Waals surface area contributed by atoms with E-state index in [1.54, 1.807) is 6.92 Å². The van der Waals surface area contributed by atoms with Gasteiger partial charge in [0, 0.05) is 38.1 Å². The molecule has 7 heteroatoms. The van der Waals surface area contributed by atoms with Crippen LogP contribution in [-0.4, -0.2) is 34.0 Å². The Hall–Kier alpha value is -2.18. The van der Waals surface area contributed by atoms with Gasteiger partial charge in [0.1, 0.15) is 0 Å². The van der Waals surface area contributed by atoms with E-state index in [1.807, 2.05) is 42.5 Å². The maximum absolute atomic E-state index is 10.0. The van der Waals surface area contributed by atoms with Gasteiger partial charge in [-0.3, -0.25) is 4.90 Å². The molecule has 0 fully saturated rings. The number of nitrogens with zero attached hydrogens (tertiary/aromatic N) is 2. The predicted molar refractivity (Wildman–Crippen MR) is 118 cm³/mol. The number of aliphatic hydroxyl groups excluding tert-OH is 1. The number of rotatable bonds is 8. The van der Waals surface area contributed by atoms with Gasteiger partial charge in [0.05, 0.1) is 16.1 Å². The Bertz CT molecular complexity index is 1020. The van der Waals surface area contributed by atoms with Gasteiger partial charge in [-0.05, 0) is 54.4 Å². The minimum absolute atomic E-state index is 0.262. The van der Waals surface area contributed by atoms with E-state index in [1.165, 1.54) is 0 Å². The number of fused-ring (bicyclic) bond motifs is 1. The maximum atomic E-state index is 10.0. The third kappa shape index (κ3) is 5.10. The lowest BCUT2D eigenvalue weighted by Crippen LogP contribution is -2.31. The van der Waals surface area contributed by atoms with Crippen LogP contribution in [0.5, 0.6) is 11.5 Å². The normalized spacial score (nSPS) is 13.8. The van der Waals surface area contributed by atoms with Crippen molar-refractivity contribution in [3.63, 3.8) is 0 Å². The summed E-state index contributed by atoms with van der Waals surface area (Å²) >= 11 is 12.2. The summed E-state index contributed by atoms with van der Waals surface area (Å²) in [5, 5.41) is 11.1. The fourth-order valence-electron chi connectivity index (χ4n) is 3.67. The molecule has 1 aliphatic rings. The van der Waals surface area contributed by atoms with Crippen LogP contribution in [0.1, 0.15) is 23.7 Å². The molecule has 1 aliphatic heterocycles. The van der Waals surface area contributed by atoms with Crippen LogP contribution in [0.4, 0.5) is 0 Å². The zero-order valence-electron chi connectivity index (χ0n) is 16.7. The molecule has 4 rings (SSSR count). The highest BCUT2D eigenvalue weighted by Gasteiger charge is 2.17. The summed E-state index contributed by atoms with van der Waals surface area (Å²) in [5.74, 6) is 1.55. The van der Waals surface area contributed by atoms with Gasteiger partial charge in [0.2, 0.25) is 6.79 Å². The number of aliphatic hydroxyl groups is 1. The van der Waals surface area contributed by atoms with Crippen molar-refractivity contribution in [3.8, 4) is 11.5 Å². The molecule has 0 bridgehead atoms. The molecule has 3 aromatic rings. The van der Waals surface area contributed by atoms with Crippen LogP contribution in [0.25, 0.3) is 0 Å². The van der Waals surface area contributed by atoms with Gasteiger partial charge in [-0.15, -0.1) is 0 Å². The van der Waals surface area contributed by atoms with Crippen molar-refractivity contribution >= 4 is 23.2 Å². The third-order valence-corrected chi connectivity index (χ3v) is 5.75. The monoisotopic (exact) mass is 446 g/mol. The predicted octanol–water partition coefficient (Wildman–Crippen LogP) is 4.95. The highest BCUT2D eigenvalue weighted by Crippen LogP contribution is 2.33. The lowest BCUT2D eigenvalue weighted by Gasteiger charge is -2.25. The number of halogens is 2. The molecular weight excluding hydrogens is 423 g/mol. The van der Waals surface area contributed by atoms with Crippen molar-refractivity contribution in [2.75, 3.05) is 13.3 Å². The highest BCUT2D eigenvalue weighted by molar-refractivity contribution is 6.42. The summed E-state index contributed by atoms with van der Waals surface area (Å²) in [6.07, 6.45) is 1.62. The smallest absolute Gasteiger partial charge is 0.231 e. The largest absolute Gasteiger partial charge is 0.454 e. The quantitative estimate of drug-likeness (QED) is 0.531. The van der Waals surface area contributed by atoms with Crippen LogP contribution in [0.2, 0.25) is 10.0 Å². The zero-order chi connectivity index (χ0) is 21.1. The van der Waals surface area contributed by atoms with E-state index in [4.69, 9.17) is 32.7 Å². The van der Waals surface area contributed by atoms with Gasteiger partial charge in [-0.2, -0.15) is 0 Å². The summed E-state index contributed by atoms with van der Waals surface area (Å²) < 4.78 is 13.1. The third-order valence-electron chi connectivity index (χ3n) is 5.01. The van der Waals surface area contributed by atoms with Crippen LogP contribution >= 0.6 is 23.2 Å². The Kier molecular flexibility index (Phi) is 6.54. The topological polar surface area (TPSA) is 46.9 Å². The molecule has 0 unspecified atom stereocenters. The molecule has 0 aliphatic carbocycles. The number of aromatic nitrogens is 1. The average molecular weight is 447 g/mol. The first-order valence-corrected chi connectivity index (χ1v) is 10.6. The number of ether oxygens (including phenoxy) is 2. The molecule has 158 valence electrons. The second-order valence-corrected chi connectivity index (χ2v) is 8.40. The van der Waals surface area contributed by atoms with Crippen molar-refractivity contribution in [3.05, 3.63) is 81.6 Å². The van der Waals surface area contributed by atoms with Gasteiger partial charge in [0.25, 0.3) is 0 Å². The summed E-state index contributed by atoms with van der Waals surface area (Å²) in [6.45, 7) is 4.73. The van der Waals surface area contributed by atoms with E-state index in [9.17, 15) is 5.11 Å². The van der Waals surface area contributed by atoms with E-state index in [0.29, 0.717) is 36.2 Å². The summed E-state index contributed by atoms with van der Waals surface area (Å²) in [4.78, 5) is 2.23. The zero-order valence-corrected chi connectivity index (χ0v) is 18.2. The van der Waals surface area contributed by atoms with Crippen LogP contribution in [0.3, 0.4) is 0 Å². The number of benzene rings is 2. The first-order valence-electron chi connectivity index (χ1n) is 9.85. The SMILES string of the molecule is C[C@@H](O)CN(Cc1ccc2c(c1)OCO2)Cc1cccn1Cc1ccc(Cl)c(Cl)c1. The molecule has 2 heterocycles. The van der Waals surface area contributed by atoms with Crippen LogP contribution in [0.15, 0.2) is 54.7 Å². The summed E-state index contributed by atoms with van der Waals surface area (Å²) in [5.41, 5.74) is 3.35. The number of hydrogen-bond donors (Lipinski definition) is 1. The first-order chi connectivity index (χ1) is 14.5. The Morgan fingerprint density at radius 3 is 2.60 bits per heavy atom. The lowest BCUT2D eigenvalue weighted by atomic mass is 10.1. The molecule has 0 spiro atoms. The molecular formula is C23H24Cl2N2O3. The molecule has 1 N–H and O–H groups in total. The van der Waals surface area contributed by atoms with Gasteiger partial charge in [-0.25, -0.2) is 0 Å². The molecule has 5 nitrogen and oxygen atoms in total. The van der Waals surface area contributed by atoms with E-state index in [2.05, 4.69) is 21.7 Å². The average Bonchev–Trinajstić information content (AvgIpc) is 3.33. The second kappa shape index (κ2) is 9.31. The molecule has 0 amide bonds. The Morgan fingerprint density at radius 2 is 1.80 bits per heavy atom. The highest BCUT2D eigenvalue weighted by atomic mass is 35.5. The van der Waals surface area contributed by atoms with Gasteiger partial charge >= 0.3 is 0 Å². The van der Waals surface area contributed by atoms with Crippen LogP contribution in [-0.2, 0) is 19.6 Å². The Labute approximate surface area is 186 Å². The lowest BCUT2D eigenvalue weighted by molar-refractivity contribution is 0.116. The Morgan fingerprint density at radius 1 is 1.00 bits per heavy atom. The molecule has 1 atom stereocenters. The molecule has 0 radical (unpaired) electrons. The van der Waals surface area contributed by atoms with Crippen molar-refractivity contribution in [1.82, 2.24) is 9.47 Å². The summed E-state index contributed by atoms with van der Waals surface area (Å²) in [6, 6.07) is 15.8. The second-order valence-electron chi connectivity index (χ2n) is 7.58. The maximum Gasteiger partial charge on any atom is 0.231 e. The van der Waals surface area contributed by atoms with Crippen molar-refractivity contribution in [1.29, 1.82) is 0 Å². The molecule has 1 aromatic heterocycles.